The minimum Gasteiger partial charge on any atom is -0.468 e. The number of imidazole rings is 1. The molecule has 1 fully saturated rings. The van der Waals surface area contributed by atoms with Gasteiger partial charge in [-0.3, -0.25) is 15.0 Å². The third-order valence-electron chi connectivity index (χ3n) is 3.65. The van der Waals surface area contributed by atoms with Gasteiger partial charge in [-0.2, -0.15) is 0 Å². The van der Waals surface area contributed by atoms with Gasteiger partial charge in [0.2, 0.25) is 0 Å². The van der Waals surface area contributed by atoms with Gasteiger partial charge in [-0.1, -0.05) is 0 Å². The average molecular weight is 280 g/mol. The first-order valence-electron chi connectivity index (χ1n) is 6.95. The number of likely N-dealkylation sites (N-methyl/N-ethyl adjacent to an activating group) is 1. The maximum atomic E-state index is 12.1. The molecule has 2 rings (SSSR count). The van der Waals surface area contributed by atoms with Crippen LogP contribution in [0.5, 0.6) is 0 Å². The molecule has 112 valence electrons. The minimum absolute atomic E-state index is 0.212. The number of methoxy groups -OCH3 is 1. The number of nitrogens with zero attached hydrogens (tertiary/aromatic N) is 3. The Hall–Kier alpha value is -1.40. The summed E-state index contributed by atoms with van der Waals surface area (Å²) in [6.45, 7) is 3.19. The van der Waals surface area contributed by atoms with Crippen LogP contribution >= 0.6 is 0 Å². The van der Waals surface area contributed by atoms with Crippen molar-refractivity contribution in [1.29, 1.82) is 0 Å². The molecule has 0 saturated heterocycles. The van der Waals surface area contributed by atoms with Crippen molar-refractivity contribution in [2.75, 3.05) is 20.7 Å². The fraction of sp³-hybridized carbons (Fsp3) is 0.714. The number of nitrogens with one attached hydrogen (secondary N) is 1. The third-order valence-corrected chi connectivity index (χ3v) is 3.65. The van der Waals surface area contributed by atoms with E-state index < -0.39 is 5.54 Å². The molecule has 6 nitrogen and oxygen atoms in total. The molecule has 1 N–H and O–H groups in total. The largest absolute Gasteiger partial charge is 0.468 e. The summed E-state index contributed by atoms with van der Waals surface area (Å²) in [6.07, 6.45) is 5.97. The summed E-state index contributed by atoms with van der Waals surface area (Å²) in [5, 5.41) is 3.40. The van der Waals surface area contributed by atoms with E-state index in [-0.39, 0.29) is 5.97 Å². The lowest BCUT2D eigenvalue weighted by Gasteiger charge is -2.32. The standard InChI is InChI=1S/C14H24N4O2/c1-14(13(19)20-4,16-11-5-6-11)10-17(2)9-12-15-7-8-18(12)3/h7-8,11,16H,5-6,9-10H2,1-4H3. The summed E-state index contributed by atoms with van der Waals surface area (Å²) in [4.78, 5) is 18.5. The van der Waals surface area contributed by atoms with Crippen LogP contribution in [0.3, 0.4) is 0 Å². The van der Waals surface area contributed by atoms with Crippen LogP contribution in [0.25, 0.3) is 0 Å². The highest BCUT2D eigenvalue weighted by Crippen LogP contribution is 2.23. The minimum atomic E-state index is -0.671. The molecule has 0 aliphatic heterocycles. The SMILES string of the molecule is COC(=O)C(C)(CN(C)Cc1nccn1C)NC1CC1. The molecule has 1 aromatic rings. The zero-order valence-electron chi connectivity index (χ0n) is 12.7. The van der Waals surface area contributed by atoms with Crippen molar-refractivity contribution in [3.05, 3.63) is 18.2 Å². The maximum Gasteiger partial charge on any atom is 0.327 e. The average Bonchev–Trinajstić information content (AvgIpc) is 3.11. The number of carbonyl (C=O) groups excluding carboxylic acids is 1. The van der Waals surface area contributed by atoms with Crippen LogP contribution in [0.4, 0.5) is 0 Å². The lowest BCUT2D eigenvalue weighted by atomic mass is 10.0. The number of hydrogen-bond acceptors (Lipinski definition) is 5. The van der Waals surface area contributed by atoms with Crippen molar-refractivity contribution in [1.82, 2.24) is 19.8 Å². The van der Waals surface area contributed by atoms with Gasteiger partial charge in [0.05, 0.1) is 13.7 Å². The second-order valence-electron chi connectivity index (χ2n) is 5.87. The number of esters is 1. The zero-order valence-corrected chi connectivity index (χ0v) is 12.7. The quantitative estimate of drug-likeness (QED) is 0.739. The summed E-state index contributed by atoms with van der Waals surface area (Å²) in [5.41, 5.74) is -0.671. The van der Waals surface area contributed by atoms with Gasteiger partial charge in [-0.15, -0.1) is 0 Å². The Morgan fingerprint density at radius 3 is 2.85 bits per heavy atom. The van der Waals surface area contributed by atoms with E-state index in [4.69, 9.17) is 4.74 Å². The van der Waals surface area contributed by atoms with Gasteiger partial charge in [0.1, 0.15) is 11.4 Å². The summed E-state index contributed by atoms with van der Waals surface area (Å²) < 4.78 is 6.94. The molecule has 1 atom stereocenters. The molecule has 0 bridgehead atoms. The van der Waals surface area contributed by atoms with Crippen LogP contribution in [0, 0.1) is 0 Å². The Bertz CT molecular complexity index is 469. The van der Waals surface area contributed by atoms with Gasteiger partial charge >= 0.3 is 5.97 Å². The number of carbonyl (C=O) groups is 1. The lowest BCUT2D eigenvalue weighted by Crippen LogP contribution is -2.57. The predicted octanol–water partition coefficient (Wildman–Crippen LogP) is 0.536. The van der Waals surface area contributed by atoms with Crippen LogP contribution in [-0.2, 0) is 23.1 Å². The summed E-state index contributed by atoms with van der Waals surface area (Å²) >= 11 is 0. The molecule has 1 aromatic heterocycles. The Morgan fingerprint density at radius 1 is 1.65 bits per heavy atom. The molecule has 1 aliphatic carbocycles. The van der Waals surface area contributed by atoms with Crippen LogP contribution < -0.4 is 5.32 Å². The van der Waals surface area contributed by atoms with E-state index in [1.165, 1.54) is 7.11 Å². The summed E-state index contributed by atoms with van der Waals surface area (Å²) in [7, 11) is 5.40. The molecule has 0 spiro atoms. The third kappa shape index (κ3) is 3.58. The van der Waals surface area contributed by atoms with Crippen molar-refractivity contribution in [2.45, 2.75) is 37.9 Å². The fourth-order valence-corrected chi connectivity index (χ4v) is 2.46. The molecular formula is C14H24N4O2. The number of hydrogen-bond donors (Lipinski definition) is 1. The Morgan fingerprint density at radius 2 is 2.35 bits per heavy atom. The van der Waals surface area contributed by atoms with Gasteiger partial charge in [0.15, 0.2) is 0 Å². The number of aryl methyl sites for hydroxylation is 1. The van der Waals surface area contributed by atoms with Gasteiger partial charge in [0.25, 0.3) is 0 Å². The highest BCUT2D eigenvalue weighted by atomic mass is 16.5. The predicted molar refractivity (Wildman–Crippen MR) is 76.1 cm³/mol. The van der Waals surface area contributed by atoms with Crippen LogP contribution in [0.2, 0.25) is 0 Å². The maximum absolute atomic E-state index is 12.1. The monoisotopic (exact) mass is 280 g/mol. The van der Waals surface area contributed by atoms with E-state index in [9.17, 15) is 4.79 Å². The normalized spacial score (nSPS) is 18.1. The molecular weight excluding hydrogens is 256 g/mol. The van der Waals surface area contributed by atoms with E-state index in [0.717, 1.165) is 18.7 Å². The molecule has 1 heterocycles. The van der Waals surface area contributed by atoms with E-state index in [0.29, 0.717) is 19.1 Å². The van der Waals surface area contributed by atoms with Crippen molar-refractivity contribution in [3.8, 4) is 0 Å². The molecule has 6 heteroatoms. The second kappa shape index (κ2) is 5.93. The Balaban J connectivity index is 1.99. The zero-order chi connectivity index (χ0) is 14.8. The van der Waals surface area contributed by atoms with Crippen molar-refractivity contribution >= 4 is 5.97 Å². The second-order valence-corrected chi connectivity index (χ2v) is 5.87. The first-order valence-corrected chi connectivity index (χ1v) is 6.95. The van der Waals surface area contributed by atoms with Crippen LogP contribution in [-0.4, -0.2) is 52.7 Å². The molecule has 0 radical (unpaired) electrons. The molecule has 1 saturated carbocycles. The summed E-state index contributed by atoms with van der Waals surface area (Å²) in [5.74, 6) is 0.766. The molecule has 0 aromatic carbocycles. The number of rotatable bonds is 7. The summed E-state index contributed by atoms with van der Waals surface area (Å²) in [6, 6.07) is 0.445. The van der Waals surface area contributed by atoms with E-state index >= 15 is 0 Å². The lowest BCUT2D eigenvalue weighted by molar-refractivity contribution is -0.148. The Kier molecular flexibility index (Phi) is 4.45. The number of aromatic nitrogens is 2. The van der Waals surface area contributed by atoms with Crippen molar-refractivity contribution < 1.29 is 9.53 Å². The van der Waals surface area contributed by atoms with E-state index in [2.05, 4.69) is 15.2 Å². The topological polar surface area (TPSA) is 59.4 Å². The van der Waals surface area contributed by atoms with Crippen molar-refractivity contribution in [2.24, 2.45) is 7.05 Å². The molecule has 0 amide bonds. The molecule has 1 aliphatic rings. The van der Waals surface area contributed by atoms with Gasteiger partial charge in [-0.25, -0.2) is 4.98 Å². The van der Waals surface area contributed by atoms with Gasteiger partial charge in [-0.05, 0) is 26.8 Å². The van der Waals surface area contributed by atoms with E-state index in [1.54, 1.807) is 6.20 Å². The van der Waals surface area contributed by atoms with Crippen LogP contribution in [0.15, 0.2) is 12.4 Å². The molecule has 20 heavy (non-hydrogen) atoms. The molecule has 1 unspecified atom stereocenters. The first-order chi connectivity index (χ1) is 9.44. The highest BCUT2D eigenvalue weighted by Gasteiger charge is 2.40. The highest BCUT2D eigenvalue weighted by molar-refractivity contribution is 5.80. The van der Waals surface area contributed by atoms with Gasteiger partial charge < -0.3 is 9.30 Å². The smallest absolute Gasteiger partial charge is 0.327 e. The van der Waals surface area contributed by atoms with Crippen molar-refractivity contribution in [3.63, 3.8) is 0 Å². The Labute approximate surface area is 120 Å². The number of ether oxygens (including phenoxy) is 1. The van der Waals surface area contributed by atoms with E-state index in [1.807, 2.05) is 31.8 Å². The van der Waals surface area contributed by atoms with Gasteiger partial charge in [0, 0.05) is 32.0 Å². The first kappa shape index (κ1) is 15.0. The fourth-order valence-electron chi connectivity index (χ4n) is 2.46. The van der Waals surface area contributed by atoms with Crippen LogP contribution in [0.1, 0.15) is 25.6 Å².